The van der Waals surface area contributed by atoms with E-state index in [0.29, 0.717) is 23.7 Å². The smallest absolute Gasteiger partial charge is 0.136 e. The SMILES string of the molecule is CC/C=C\C/C=C\C/C=C\CCCCCCCCC(CCCCCCCC/C=C\C/C=C\CCCCC)CC(=O)C1CCC(NC)CC1. The van der Waals surface area contributed by atoms with Crippen molar-refractivity contribution in [3.05, 3.63) is 60.8 Å². The molecule has 0 aromatic heterocycles. The van der Waals surface area contributed by atoms with Crippen molar-refractivity contribution in [3.63, 3.8) is 0 Å². The number of unbranched alkanes of at least 4 members (excludes halogenated alkanes) is 15. The molecule has 1 aliphatic carbocycles. The molecule has 1 unspecified atom stereocenters. The van der Waals surface area contributed by atoms with Crippen LogP contribution < -0.4 is 5.32 Å². The highest BCUT2D eigenvalue weighted by Gasteiger charge is 2.27. The second-order valence-electron chi connectivity index (χ2n) is 14.7. The van der Waals surface area contributed by atoms with Crippen LogP contribution in [0.3, 0.4) is 0 Å². The lowest BCUT2D eigenvalue weighted by Crippen LogP contribution is -2.33. The number of hydrogen-bond donors (Lipinski definition) is 1. The quantitative estimate of drug-likeness (QED) is 0.0559. The zero-order chi connectivity index (χ0) is 34.6. The first kappa shape index (κ1) is 44.4. The third-order valence-corrected chi connectivity index (χ3v) is 10.4. The van der Waals surface area contributed by atoms with Crippen LogP contribution in [0.5, 0.6) is 0 Å². The maximum atomic E-state index is 13.3. The number of ketones is 1. The average molecular weight is 664 g/mol. The molecule has 1 atom stereocenters. The highest BCUT2D eigenvalue weighted by molar-refractivity contribution is 5.81. The van der Waals surface area contributed by atoms with Crippen LogP contribution >= 0.6 is 0 Å². The first-order chi connectivity index (χ1) is 23.7. The fraction of sp³-hybridized carbons (Fsp3) is 0.761. The van der Waals surface area contributed by atoms with E-state index in [-0.39, 0.29) is 0 Å². The van der Waals surface area contributed by atoms with Crippen LogP contribution in [0, 0.1) is 11.8 Å². The van der Waals surface area contributed by atoms with E-state index in [9.17, 15) is 4.79 Å². The summed E-state index contributed by atoms with van der Waals surface area (Å²) in [5, 5.41) is 3.43. The molecule has 1 rings (SSSR count). The predicted molar refractivity (Wildman–Crippen MR) is 216 cm³/mol. The number of allylic oxidation sites excluding steroid dienone is 10. The number of nitrogens with one attached hydrogen (secondary N) is 1. The highest BCUT2D eigenvalue weighted by atomic mass is 16.1. The Morgan fingerprint density at radius 2 is 0.958 bits per heavy atom. The van der Waals surface area contributed by atoms with Gasteiger partial charge in [0.2, 0.25) is 0 Å². The lowest BCUT2D eigenvalue weighted by Gasteiger charge is -2.28. The number of hydrogen-bond acceptors (Lipinski definition) is 2. The van der Waals surface area contributed by atoms with Crippen LogP contribution in [0.25, 0.3) is 0 Å². The van der Waals surface area contributed by atoms with Gasteiger partial charge in [-0.1, -0.05) is 164 Å². The molecule has 0 radical (unpaired) electrons. The van der Waals surface area contributed by atoms with Gasteiger partial charge >= 0.3 is 0 Å². The summed E-state index contributed by atoms with van der Waals surface area (Å²) in [7, 11) is 2.07. The Kier molecular flexibility index (Phi) is 32.5. The summed E-state index contributed by atoms with van der Waals surface area (Å²) in [4.78, 5) is 13.3. The zero-order valence-corrected chi connectivity index (χ0v) is 32.4. The Bertz CT molecular complexity index is 840. The molecule has 2 heteroatoms. The van der Waals surface area contributed by atoms with Crippen molar-refractivity contribution < 1.29 is 4.79 Å². The third kappa shape index (κ3) is 28.2. The fourth-order valence-corrected chi connectivity index (χ4v) is 7.15. The van der Waals surface area contributed by atoms with Gasteiger partial charge in [0, 0.05) is 18.4 Å². The molecule has 0 saturated heterocycles. The van der Waals surface area contributed by atoms with Gasteiger partial charge in [0.25, 0.3) is 0 Å². The summed E-state index contributed by atoms with van der Waals surface area (Å²) in [6.07, 6.45) is 59.2. The highest BCUT2D eigenvalue weighted by Crippen LogP contribution is 2.30. The minimum Gasteiger partial charge on any atom is -0.317 e. The van der Waals surface area contributed by atoms with Crippen molar-refractivity contribution >= 4 is 5.78 Å². The Morgan fingerprint density at radius 1 is 0.542 bits per heavy atom. The Labute approximate surface area is 300 Å². The van der Waals surface area contributed by atoms with Gasteiger partial charge in [0.1, 0.15) is 5.78 Å². The molecule has 1 aliphatic rings. The molecule has 0 aromatic rings. The maximum Gasteiger partial charge on any atom is 0.136 e. The summed E-state index contributed by atoms with van der Waals surface area (Å²) in [5.74, 6) is 1.54. The van der Waals surface area contributed by atoms with Crippen LogP contribution in [0.2, 0.25) is 0 Å². The van der Waals surface area contributed by atoms with E-state index in [2.05, 4.69) is 87.0 Å². The molecule has 0 amide bonds. The molecule has 276 valence electrons. The van der Waals surface area contributed by atoms with Crippen molar-refractivity contribution in [3.8, 4) is 0 Å². The molecule has 0 heterocycles. The summed E-state index contributed by atoms with van der Waals surface area (Å²) < 4.78 is 0. The van der Waals surface area contributed by atoms with Gasteiger partial charge in [-0.15, -0.1) is 0 Å². The fourth-order valence-electron chi connectivity index (χ4n) is 7.15. The van der Waals surface area contributed by atoms with Crippen molar-refractivity contribution in [2.75, 3.05) is 7.05 Å². The topological polar surface area (TPSA) is 29.1 Å². The molecule has 1 N–H and O–H groups in total. The third-order valence-electron chi connectivity index (χ3n) is 10.4. The van der Waals surface area contributed by atoms with Gasteiger partial charge in [-0.3, -0.25) is 4.79 Å². The summed E-state index contributed by atoms with van der Waals surface area (Å²) in [6, 6.07) is 0.624. The van der Waals surface area contributed by atoms with E-state index in [1.807, 2.05) is 0 Å². The molecule has 0 bridgehead atoms. The van der Waals surface area contributed by atoms with E-state index in [4.69, 9.17) is 0 Å². The van der Waals surface area contributed by atoms with Crippen molar-refractivity contribution in [2.45, 2.75) is 206 Å². The van der Waals surface area contributed by atoms with Crippen LogP contribution in [0.1, 0.15) is 200 Å². The van der Waals surface area contributed by atoms with E-state index in [1.54, 1.807) is 0 Å². The molecular formula is C46H81NO. The minimum atomic E-state index is 0.334. The summed E-state index contributed by atoms with van der Waals surface area (Å²) >= 11 is 0. The molecular weight excluding hydrogens is 583 g/mol. The Morgan fingerprint density at radius 3 is 1.42 bits per heavy atom. The average Bonchev–Trinajstić information content (AvgIpc) is 3.11. The second kappa shape index (κ2) is 35.2. The van der Waals surface area contributed by atoms with E-state index < -0.39 is 0 Å². The molecule has 0 spiro atoms. The normalized spacial score (nSPS) is 18.1. The number of carbonyl (C=O) groups is 1. The first-order valence-electron chi connectivity index (χ1n) is 21.2. The molecule has 2 nitrogen and oxygen atoms in total. The maximum absolute atomic E-state index is 13.3. The molecule has 0 aromatic carbocycles. The summed E-state index contributed by atoms with van der Waals surface area (Å²) in [6.45, 7) is 4.45. The van der Waals surface area contributed by atoms with Gasteiger partial charge in [0.05, 0.1) is 0 Å². The minimum absolute atomic E-state index is 0.334. The van der Waals surface area contributed by atoms with Gasteiger partial charge in [-0.2, -0.15) is 0 Å². The Hall–Kier alpha value is -1.67. The van der Waals surface area contributed by atoms with Crippen molar-refractivity contribution in [1.82, 2.24) is 5.32 Å². The molecule has 1 saturated carbocycles. The number of carbonyl (C=O) groups excluding carboxylic acids is 1. The Balaban J connectivity index is 2.20. The van der Waals surface area contributed by atoms with Crippen LogP contribution in [0.4, 0.5) is 0 Å². The lowest BCUT2D eigenvalue weighted by molar-refractivity contribution is -0.125. The molecule has 0 aliphatic heterocycles. The van der Waals surface area contributed by atoms with Crippen molar-refractivity contribution in [1.29, 1.82) is 0 Å². The standard InChI is InChI=1S/C46H81NO/c1-4-6-8-10-12-14-16-18-20-22-24-26-28-30-32-34-36-43(42-46(48)44-38-40-45(47-3)41-39-44)37-35-33-31-29-27-25-23-21-19-17-15-13-11-9-7-5-2/h6,8,12-15,18-21,43-45,47H,4-5,7,9-11,16-17,22-42H2,1-3H3/b8-6-,14-12-,15-13-,20-18-,21-19-. The number of rotatable bonds is 33. The van der Waals surface area contributed by atoms with E-state index in [1.165, 1.54) is 141 Å². The van der Waals surface area contributed by atoms with Gasteiger partial charge < -0.3 is 5.32 Å². The van der Waals surface area contributed by atoms with Crippen molar-refractivity contribution in [2.24, 2.45) is 11.8 Å². The molecule has 48 heavy (non-hydrogen) atoms. The van der Waals surface area contributed by atoms with Gasteiger partial charge in [-0.05, 0) is 103 Å². The van der Waals surface area contributed by atoms with Crippen LogP contribution in [0.15, 0.2) is 60.8 Å². The second-order valence-corrected chi connectivity index (χ2v) is 14.7. The van der Waals surface area contributed by atoms with Gasteiger partial charge in [-0.25, -0.2) is 0 Å². The van der Waals surface area contributed by atoms with Crippen LogP contribution in [-0.4, -0.2) is 18.9 Å². The number of Topliss-reactive ketones (excluding diaryl/α,β-unsaturated/α-hetero) is 1. The largest absolute Gasteiger partial charge is 0.317 e. The van der Waals surface area contributed by atoms with E-state index in [0.717, 1.165) is 44.9 Å². The monoisotopic (exact) mass is 664 g/mol. The zero-order valence-electron chi connectivity index (χ0n) is 32.4. The predicted octanol–water partition coefficient (Wildman–Crippen LogP) is 14.5. The first-order valence-corrected chi connectivity index (χ1v) is 21.2. The van der Waals surface area contributed by atoms with Gasteiger partial charge in [0.15, 0.2) is 0 Å². The van der Waals surface area contributed by atoms with Crippen LogP contribution in [-0.2, 0) is 4.79 Å². The summed E-state index contributed by atoms with van der Waals surface area (Å²) in [5.41, 5.74) is 0. The van der Waals surface area contributed by atoms with E-state index >= 15 is 0 Å². The molecule has 1 fully saturated rings. The lowest BCUT2D eigenvalue weighted by atomic mass is 9.79.